The Morgan fingerprint density at radius 2 is 2.37 bits per heavy atom. The number of hydrogen-bond acceptors (Lipinski definition) is 5. The van der Waals surface area contributed by atoms with Crippen LogP contribution >= 0.6 is 0 Å². The molecule has 1 aliphatic heterocycles. The molecule has 0 aliphatic carbocycles. The van der Waals surface area contributed by atoms with Crippen molar-refractivity contribution in [3.63, 3.8) is 0 Å². The lowest BCUT2D eigenvalue weighted by Crippen LogP contribution is -2.31. The normalized spacial score (nSPS) is 14.3. The van der Waals surface area contributed by atoms with Crippen molar-refractivity contribution >= 4 is 11.7 Å². The van der Waals surface area contributed by atoms with Gasteiger partial charge in [0.1, 0.15) is 5.84 Å². The van der Waals surface area contributed by atoms with E-state index in [1.54, 1.807) is 20.3 Å². The number of aromatic nitrogens is 1. The summed E-state index contributed by atoms with van der Waals surface area (Å²) in [4.78, 5) is 21.6. The van der Waals surface area contributed by atoms with Gasteiger partial charge >= 0.3 is 0 Å². The van der Waals surface area contributed by atoms with Crippen LogP contribution in [0.25, 0.3) is 0 Å². The molecule has 1 aliphatic rings. The van der Waals surface area contributed by atoms with Crippen LogP contribution in [0.1, 0.15) is 12.0 Å². The summed E-state index contributed by atoms with van der Waals surface area (Å²) >= 11 is 0. The van der Waals surface area contributed by atoms with E-state index < -0.39 is 0 Å². The van der Waals surface area contributed by atoms with Crippen LogP contribution in [0.15, 0.2) is 23.3 Å². The second kappa shape index (κ2) is 6.17. The number of nitrogens with one attached hydrogen (secondary N) is 1. The lowest BCUT2D eigenvalue weighted by atomic mass is 10.2. The average molecular weight is 262 g/mol. The molecule has 0 atom stereocenters. The topological polar surface area (TPSA) is 66.8 Å². The quantitative estimate of drug-likeness (QED) is 0.847. The smallest absolute Gasteiger partial charge is 0.260 e. The van der Waals surface area contributed by atoms with Crippen LogP contribution in [0.5, 0.6) is 5.88 Å². The highest BCUT2D eigenvalue weighted by Gasteiger charge is 2.15. The minimum absolute atomic E-state index is 0.0235. The SMILES string of the molecule is CN(C)C(=O)COc1ncccc1C1=NCCCN1. The first kappa shape index (κ1) is 13.3. The highest BCUT2D eigenvalue weighted by Crippen LogP contribution is 2.15. The van der Waals surface area contributed by atoms with Gasteiger partial charge in [0.2, 0.25) is 5.88 Å². The van der Waals surface area contributed by atoms with Gasteiger partial charge in [-0.1, -0.05) is 0 Å². The molecule has 0 unspecified atom stereocenters. The van der Waals surface area contributed by atoms with Gasteiger partial charge in [-0.15, -0.1) is 0 Å². The zero-order chi connectivity index (χ0) is 13.7. The second-order valence-corrected chi connectivity index (χ2v) is 4.44. The van der Waals surface area contributed by atoms with Crippen molar-refractivity contribution in [2.24, 2.45) is 4.99 Å². The molecule has 0 fully saturated rings. The monoisotopic (exact) mass is 262 g/mol. The Balaban J connectivity index is 2.12. The third-order valence-electron chi connectivity index (χ3n) is 2.75. The Labute approximate surface area is 112 Å². The van der Waals surface area contributed by atoms with Crippen LogP contribution in [0.3, 0.4) is 0 Å². The Hall–Kier alpha value is -2.11. The number of carbonyl (C=O) groups is 1. The minimum atomic E-state index is -0.102. The molecule has 1 amide bonds. The molecular formula is C13H18N4O2. The van der Waals surface area contributed by atoms with Crippen molar-refractivity contribution in [1.82, 2.24) is 15.2 Å². The fourth-order valence-electron chi connectivity index (χ4n) is 1.66. The first-order valence-corrected chi connectivity index (χ1v) is 6.25. The van der Waals surface area contributed by atoms with Crippen molar-refractivity contribution in [2.45, 2.75) is 6.42 Å². The van der Waals surface area contributed by atoms with Crippen LogP contribution in [0.2, 0.25) is 0 Å². The largest absolute Gasteiger partial charge is 0.467 e. The molecule has 102 valence electrons. The van der Waals surface area contributed by atoms with Gasteiger partial charge in [0.25, 0.3) is 5.91 Å². The lowest BCUT2D eigenvalue weighted by Gasteiger charge is -2.17. The van der Waals surface area contributed by atoms with Crippen LogP contribution in [-0.4, -0.2) is 55.4 Å². The van der Waals surface area contributed by atoms with Crippen molar-refractivity contribution < 1.29 is 9.53 Å². The first-order valence-electron chi connectivity index (χ1n) is 6.25. The zero-order valence-electron chi connectivity index (χ0n) is 11.2. The predicted octanol–water partition coefficient (Wildman–Crippen LogP) is 0.288. The molecule has 0 saturated carbocycles. The molecule has 1 aromatic rings. The molecule has 0 bridgehead atoms. The molecule has 0 spiro atoms. The molecule has 1 aromatic heterocycles. The van der Waals surface area contributed by atoms with Crippen molar-refractivity contribution in [1.29, 1.82) is 0 Å². The number of pyridine rings is 1. The molecule has 0 radical (unpaired) electrons. The summed E-state index contributed by atoms with van der Waals surface area (Å²) in [5.74, 6) is 1.12. The fourth-order valence-corrected chi connectivity index (χ4v) is 1.66. The number of aliphatic imine (C=N–C) groups is 1. The van der Waals surface area contributed by atoms with Gasteiger partial charge in [-0.3, -0.25) is 9.79 Å². The van der Waals surface area contributed by atoms with Crippen LogP contribution in [0, 0.1) is 0 Å². The molecule has 1 N–H and O–H groups in total. The minimum Gasteiger partial charge on any atom is -0.467 e. The maximum Gasteiger partial charge on any atom is 0.260 e. The lowest BCUT2D eigenvalue weighted by molar-refractivity contribution is -0.130. The van der Waals surface area contributed by atoms with Crippen molar-refractivity contribution in [3.05, 3.63) is 23.9 Å². The van der Waals surface area contributed by atoms with Crippen LogP contribution in [0.4, 0.5) is 0 Å². The van der Waals surface area contributed by atoms with Gasteiger partial charge in [0.15, 0.2) is 6.61 Å². The molecule has 0 saturated heterocycles. The summed E-state index contributed by atoms with van der Waals surface area (Å²) in [6.07, 6.45) is 2.67. The van der Waals surface area contributed by atoms with Gasteiger partial charge in [-0.25, -0.2) is 4.98 Å². The van der Waals surface area contributed by atoms with Crippen molar-refractivity contribution in [3.8, 4) is 5.88 Å². The van der Waals surface area contributed by atoms with Gasteiger partial charge in [0.05, 0.1) is 5.56 Å². The maximum absolute atomic E-state index is 11.5. The maximum atomic E-state index is 11.5. The van der Waals surface area contributed by atoms with Gasteiger partial charge < -0.3 is 15.0 Å². The van der Waals surface area contributed by atoms with E-state index in [1.165, 1.54) is 4.90 Å². The Morgan fingerprint density at radius 3 is 3.05 bits per heavy atom. The van der Waals surface area contributed by atoms with E-state index in [0.717, 1.165) is 30.9 Å². The van der Waals surface area contributed by atoms with Crippen LogP contribution in [-0.2, 0) is 4.79 Å². The van der Waals surface area contributed by atoms with E-state index >= 15 is 0 Å². The molecule has 6 heteroatoms. The van der Waals surface area contributed by atoms with E-state index in [4.69, 9.17) is 4.74 Å². The molecule has 2 rings (SSSR count). The summed E-state index contributed by atoms with van der Waals surface area (Å²) in [6.45, 7) is 1.67. The highest BCUT2D eigenvalue weighted by molar-refractivity contribution is 6.01. The number of amidine groups is 1. The highest BCUT2D eigenvalue weighted by atomic mass is 16.5. The summed E-state index contributed by atoms with van der Waals surface area (Å²) in [6, 6.07) is 3.72. The standard InChI is InChI=1S/C13H18N4O2/c1-17(2)11(18)9-19-13-10(5-3-6-16-13)12-14-7-4-8-15-12/h3,5-6H,4,7-9H2,1-2H3,(H,14,15). The third kappa shape index (κ3) is 3.43. The number of amides is 1. The Bertz CT molecular complexity index is 485. The van der Waals surface area contributed by atoms with E-state index in [0.29, 0.717) is 5.88 Å². The molecule has 2 heterocycles. The van der Waals surface area contributed by atoms with Crippen LogP contribution < -0.4 is 10.1 Å². The second-order valence-electron chi connectivity index (χ2n) is 4.44. The number of hydrogen-bond donors (Lipinski definition) is 1. The molecular weight excluding hydrogens is 244 g/mol. The van der Waals surface area contributed by atoms with Gasteiger partial charge in [-0.05, 0) is 18.6 Å². The zero-order valence-corrected chi connectivity index (χ0v) is 11.2. The van der Waals surface area contributed by atoms with Gasteiger partial charge in [0, 0.05) is 33.4 Å². The van der Waals surface area contributed by atoms with Crippen molar-refractivity contribution in [2.75, 3.05) is 33.8 Å². The summed E-state index contributed by atoms with van der Waals surface area (Å²) in [7, 11) is 3.38. The number of carbonyl (C=O) groups excluding carboxylic acids is 1. The number of likely N-dealkylation sites (N-methyl/N-ethyl adjacent to an activating group) is 1. The molecule has 19 heavy (non-hydrogen) atoms. The number of nitrogens with zero attached hydrogens (tertiary/aromatic N) is 3. The summed E-state index contributed by atoms with van der Waals surface area (Å²) in [5, 5.41) is 3.22. The Kier molecular flexibility index (Phi) is 4.33. The van der Waals surface area contributed by atoms with E-state index in [-0.39, 0.29) is 12.5 Å². The fraction of sp³-hybridized carbons (Fsp3) is 0.462. The number of rotatable bonds is 4. The van der Waals surface area contributed by atoms with Gasteiger partial charge in [-0.2, -0.15) is 0 Å². The Morgan fingerprint density at radius 1 is 1.53 bits per heavy atom. The average Bonchev–Trinajstić information content (AvgIpc) is 2.46. The predicted molar refractivity (Wildman–Crippen MR) is 72.4 cm³/mol. The summed E-state index contributed by atoms with van der Waals surface area (Å²) in [5.41, 5.74) is 0.800. The molecule has 6 nitrogen and oxygen atoms in total. The summed E-state index contributed by atoms with van der Waals surface area (Å²) < 4.78 is 5.49. The van der Waals surface area contributed by atoms with E-state index in [1.807, 2.05) is 12.1 Å². The first-order chi connectivity index (χ1) is 9.18. The van der Waals surface area contributed by atoms with E-state index in [9.17, 15) is 4.79 Å². The van der Waals surface area contributed by atoms with E-state index in [2.05, 4.69) is 15.3 Å². The third-order valence-corrected chi connectivity index (χ3v) is 2.75. The molecule has 0 aromatic carbocycles. The number of ether oxygens (including phenoxy) is 1.